The number of phosphoric ester groups is 1. The van der Waals surface area contributed by atoms with Crippen molar-refractivity contribution in [3.8, 4) is 0 Å². The fourth-order valence-corrected chi connectivity index (χ4v) is 7.03. The van der Waals surface area contributed by atoms with E-state index in [0.717, 1.165) is 25.7 Å². The highest BCUT2D eigenvalue weighted by Gasteiger charge is 2.26. The summed E-state index contributed by atoms with van der Waals surface area (Å²) in [7, 11) is -4.47. The Morgan fingerprint density at radius 2 is 1.15 bits per heavy atom. The van der Waals surface area contributed by atoms with Crippen molar-refractivity contribution in [2.24, 2.45) is 5.73 Å². The number of unbranched alkanes of at least 4 members (excludes halogenated alkanes) is 17. The number of esters is 2. The molecule has 0 saturated carbocycles. The summed E-state index contributed by atoms with van der Waals surface area (Å²) >= 11 is 0. The van der Waals surface area contributed by atoms with E-state index in [1.54, 1.807) is 42.5 Å². The number of rotatable bonds is 43. The topological polar surface area (TPSA) is 195 Å². The molecule has 5 atom stereocenters. The molecule has 0 rings (SSSR count). The highest BCUT2D eigenvalue weighted by Crippen LogP contribution is 2.43. The van der Waals surface area contributed by atoms with Gasteiger partial charge in [-0.1, -0.05) is 177 Å². The van der Waals surface area contributed by atoms with Crippen molar-refractivity contribution in [2.45, 2.75) is 199 Å². The van der Waals surface area contributed by atoms with Crippen LogP contribution in [-0.4, -0.2) is 82.9 Å². The number of carbonyl (C=O) groups excluding carboxylic acids is 2. The van der Waals surface area contributed by atoms with Gasteiger partial charge in [0.15, 0.2) is 6.10 Å². The van der Waals surface area contributed by atoms with E-state index in [9.17, 15) is 34.4 Å². The number of phosphoric acid groups is 1. The molecule has 62 heavy (non-hydrogen) atoms. The minimum absolute atomic E-state index is 0.00127. The Balaban J connectivity index is 4.38. The van der Waals surface area contributed by atoms with Crippen LogP contribution in [-0.2, 0) is 32.7 Å². The molecule has 0 radical (unpaired) electrons. The summed E-state index contributed by atoms with van der Waals surface area (Å²) in [4.78, 5) is 35.0. The largest absolute Gasteiger partial charge is 0.472 e. The zero-order valence-corrected chi connectivity index (χ0v) is 39.3. The minimum Gasteiger partial charge on any atom is -0.462 e. The standard InChI is InChI=1S/C49H86NO11P/c1-3-5-7-8-9-10-11-12-13-14-15-16-17-18-19-20-21-22-23-28-32-38-49(55)61-45(43-60-62(56,57)59-41-40-50)42-58-48(54)39-33-37-47(53)46(52)36-31-27-25-24-26-30-35-44(51)34-29-6-4-2/h6,12-13,24-27,29-31,35-36,44-47,51-53H,3-5,7-11,14-23,28,32-34,37-43,50H2,1-2H3,(H,56,57)/b13-12-,26-24+,27-25-,29-6-,35-30+,36-31-/t44-,45-,46+,47+/m1/s1. The second-order valence-corrected chi connectivity index (χ2v) is 17.3. The highest BCUT2D eigenvalue weighted by molar-refractivity contribution is 7.47. The van der Waals surface area contributed by atoms with Gasteiger partial charge in [0.2, 0.25) is 0 Å². The molecule has 0 aliphatic rings. The molecule has 0 amide bonds. The van der Waals surface area contributed by atoms with Crippen molar-refractivity contribution in [1.82, 2.24) is 0 Å². The lowest BCUT2D eigenvalue weighted by Crippen LogP contribution is -2.30. The molecule has 1 unspecified atom stereocenters. The lowest BCUT2D eigenvalue weighted by Gasteiger charge is -2.20. The Morgan fingerprint density at radius 1 is 0.613 bits per heavy atom. The predicted molar refractivity (Wildman–Crippen MR) is 251 cm³/mol. The van der Waals surface area contributed by atoms with Gasteiger partial charge in [-0.3, -0.25) is 18.6 Å². The lowest BCUT2D eigenvalue weighted by molar-refractivity contribution is -0.161. The average molecular weight is 896 g/mol. The van der Waals surface area contributed by atoms with Gasteiger partial charge in [-0.25, -0.2) is 4.57 Å². The van der Waals surface area contributed by atoms with Crippen LogP contribution in [0.25, 0.3) is 0 Å². The summed E-state index contributed by atoms with van der Waals surface area (Å²) in [5, 5.41) is 30.4. The maximum atomic E-state index is 12.6. The monoisotopic (exact) mass is 896 g/mol. The molecule has 0 spiro atoms. The van der Waals surface area contributed by atoms with Crippen LogP contribution >= 0.6 is 7.82 Å². The third kappa shape index (κ3) is 41.3. The molecule has 13 heteroatoms. The van der Waals surface area contributed by atoms with E-state index in [4.69, 9.17) is 24.3 Å². The van der Waals surface area contributed by atoms with Crippen molar-refractivity contribution in [3.05, 3.63) is 72.9 Å². The van der Waals surface area contributed by atoms with Gasteiger partial charge in [-0.05, 0) is 57.8 Å². The van der Waals surface area contributed by atoms with Crippen LogP contribution in [0.1, 0.15) is 174 Å². The van der Waals surface area contributed by atoms with E-state index in [2.05, 4.69) is 19.1 Å². The van der Waals surface area contributed by atoms with Gasteiger partial charge in [-0.2, -0.15) is 0 Å². The van der Waals surface area contributed by atoms with Crippen LogP contribution in [0.3, 0.4) is 0 Å². The molecule has 0 aromatic heterocycles. The molecule has 0 bridgehead atoms. The second kappa shape index (κ2) is 43.6. The van der Waals surface area contributed by atoms with Gasteiger partial charge >= 0.3 is 19.8 Å². The molecule has 6 N–H and O–H groups in total. The number of aliphatic hydroxyl groups is 3. The van der Waals surface area contributed by atoms with Crippen LogP contribution in [0.15, 0.2) is 72.9 Å². The molecule has 0 heterocycles. The van der Waals surface area contributed by atoms with Gasteiger partial charge in [0.05, 0.1) is 31.5 Å². The maximum Gasteiger partial charge on any atom is 0.472 e. The van der Waals surface area contributed by atoms with Crippen molar-refractivity contribution >= 4 is 19.8 Å². The summed E-state index contributed by atoms with van der Waals surface area (Å²) < 4.78 is 32.6. The molecule has 0 aliphatic carbocycles. The highest BCUT2D eigenvalue weighted by atomic mass is 31.2. The van der Waals surface area contributed by atoms with Crippen molar-refractivity contribution in [2.75, 3.05) is 26.4 Å². The molecule has 0 aromatic carbocycles. The molecule has 12 nitrogen and oxygen atoms in total. The van der Waals surface area contributed by atoms with Crippen molar-refractivity contribution in [1.29, 1.82) is 0 Å². The number of hydrogen-bond acceptors (Lipinski definition) is 11. The van der Waals surface area contributed by atoms with Crippen LogP contribution in [0.4, 0.5) is 0 Å². The number of allylic oxidation sites excluding steroid dienone is 9. The second-order valence-electron chi connectivity index (χ2n) is 15.8. The predicted octanol–water partition coefficient (Wildman–Crippen LogP) is 10.7. The van der Waals surface area contributed by atoms with Crippen LogP contribution < -0.4 is 5.73 Å². The van der Waals surface area contributed by atoms with Gasteiger partial charge in [-0.15, -0.1) is 0 Å². The maximum absolute atomic E-state index is 12.6. The Kier molecular flexibility index (Phi) is 41.7. The Hall–Kier alpha value is -2.67. The smallest absolute Gasteiger partial charge is 0.462 e. The van der Waals surface area contributed by atoms with E-state index < -0.39 is 57.4 Å². The summed E-state index contributed by atoms with van der Waals surface area (Å²) in [6, 6.07) is 0. The molecule has 358 valence electrons. The van der Waals surface area contributed by atoms with Gasteiger partial charge in [0.25, 0.3) is 0 Å². The SMILES string of the molecule is CC/C=C\C[C@@H](O)/C=C/C=C/C=C\C=C/[C@H](O)[C@@H](O)CCCC(=O)OC[C@H](COP(=O)(O)OCCN)OC(=O)CCCCCCCCCCCCC/C=C\CCCCCCCC. The first-order valence-corrected chi connectivity index (χ1v) is 25.2. The molecule has 0 saturated heterocycles. The third-order valence-electron chi connectivity index (χ3n) is 9.92. The van der Waals surface area contributed by atoms with Crippen LogP contribution in [0, 0.1) is 0 Å². The summed E-state index contributed by atoms with van der Waals surface area (Å²) in [6.07, 6.45) is 43.1. The first kappa shape index (κ1) is 59.3. The van der Waals surface area contributed by atoms with Gasteiger partial charge in [0, 0.05) is 19.4 Å². The summed E-state index contributed by atoms with van der Waals surface area (Å²) in [5.74, 6) is -1.16. The zero-order valence-electron chi connectivity index (χ0n) is 38.4. The third-order valence-corrected chi connectivity index (χ3v) is 10.9. The molecule has 0 aliphatic heterocycles. The van der Waals surface area contributed by atoms with Crippen LogP contribution in [0.5, 0.6) is 0 Å². The minimum atomic E-state index is -4.47. The number of ether oxygens (including phenoxy) is 2. The lowest BCUT2D eigenvalue weighted by atomic mass is 10.0. The van der Waals surface area contributed by atoms with Crippen LogP contribution in [0.2, 0.25) is 0 Å². The molecular formula is C49H86NO11P. The normalized spacial score (nSPS) is 15.4. The average Bonchev–Trinajstić information content (AvgIpc) is 3.25. The van der Waals surface area contributed by atoms with Crippen molar-refractivity contribution < 1.29 is 52.9 Å². The number of carbonyl (C=O) groups is 2. The summed E-state index contributed by atoms with van der Waals surface area (Å²) in [5.41, 5.74) is 5.34. The van der Waals surface area contributed by atoms with Gasteiger partial charge < -0.3 is 35.4 Å². The Morgan fingerprint density at radius 3 is 1.73 bits per heavy atom. The van der Waals surface area contributed by atoms with E-state index in [-0.39, 0.29) is 38.8 Å². The Labute approximate surface area is 375 Å². The van der Waals surface area contributed by atoms with E-state index >= 15 is 0 Å². The summed E-state index contributed by atoms with van der Waals surface area (Å²) in [6.45, 7) is 3.14. The first-order chi connectivity index (χ1) is 30.0. The molecule has 0 aromatic rings. The Bertz CT molecular complexity index is 1300. The fourth-order valence-electron chi connectivity index (χ4n) is 6.26. The van der Waals surface area contributed by atoms with Crippen molar-refractivity contribution in [3.63, 3.8) is 0 Å². The molecule has 0 fully saturated rings. The fraction of sp³-hybridized carbons (Fsp3) is 0.714. The number of nitrogens with two attached hydrogens (primary N) is 1. The van der Waals surface area contributed by atoms with E-state index in [1.165, 1.54) is 102 Å². The first-order valence-electron chi connectivity index (χ1n) is 23.7. The zero-order chi connectivity index (χ0) is 45.8. The van der Waals surface area contributed by atoms with E-state index in [0.29, 0.717) is 12.8 Å². The number of hydrogen-bond donors (Lipinski definition) is 5. The van der Waals surface area contributed by atoms with Gasteiger partial charge in [0.1, 0.15) is 6.61 Å². The quantitative estimate of drug-likeness (QED) is 0.0128. The number of aliphatic hydroxyl groups excluding tert-OH is 3. The van der Waals surface area contributed by atoms with E-state index in [1.807, 2.05) is 19.1 Å². The molecular weight excluding hydrogens is 810 g/mol.